The first-order valence-corrected chi connectivity index (χ1v) is 9.20. The van der Waals surface area contributed by atoms with Gasteiger partial charge in [0.05, 0.1) is 11.7 Å². The van der Waals surface area contributed by atoms with Gasteiger partial charge in [-0.1, -0.05) is 0 Å². The van der Waals surface area contributed by atoms with E-state index in [1.54, 1.807) is 0 Å². The summed E-state index contributed by atoms with van der Waals surface area (Å²) >= 11 is 0. The summed E-state index contributed by atoms with van der Waals surface area (Å²) in [5.74, 6) is 1.78. The maximum atomic E-state index is 13.2. The molecule has 6 atom stereocenters. The maximum absolute atomic E-state index is 13.2. The SMILES string of the molecule is N#C[C@@H]1C[C@@H]2C[C@@H]2N1C(=O)[C@@H]([NH3+])C12CC3CC(CC(O)(C3)C1)C2. The highest BCUT2D eigenvalue weighted by molar-refractivity contribution is 5.83. The molecule has 0 radical (unpaired) electrons. The highest BCUT2D eigenvalue weighted by Gasteiger charge is 2.64. The van der Waals surface area contributed by atoms with E-state index in [4.69, 9.17) is 0 Å². The number of carbonyl (C=O) groups is 1. The van der Waals surface area contributed by atoms with Crippen molar-refractivity contribution in [1.82, 2.24) is 4.90 Å². The molecule has 0 spiro atoms. The van der Waals surface area contributed by atoms with Gasteiger partial charge >= 0.3 is 0 Å². The fourth-order valence-corrected chi connectivity index (χ4v) is 7.02. The molecule has 0 aromatic heterocycles. The van der Waals surface area contributed by atoms with Crippen LogP contribution in [-0.2, 0) is 4.79 Å². The van der Waals surface area contributed by atoms with E-state index < -0.39 is 5.60 Å². The third kappa shape index (κ3) is 1.88. The maximum Gasteiger partial charge on any atom is 0.282 e. The molecule has 5 heteroatoms. The van der Waals surface area contributed by atoms with Crippen LogP contribution in [0.5, 0.6) is 0 Å². The van der Waals surface area contributed by atoms with Crippen LogP contribution in [0.25, 0.3) is 0 Å². The first-order valence-electron chi connectivity index (χ1n) is 9.20. The number of likely N-dealkylation sites (tertiary alicyclic amines) is 1. The summed E-state index contributed by atoms with van der Waals surface area (Å²) in [6, 6.07) is 2.08. The average molecular weight is 316 g/mol. The zero-order valence-electron chi connectivity index (χ0n) is 13.6. The molecule has 1 aliphatic heterocycles. The summed E-state index contributed by atoms with van der Waals surface area (Å²) in [4.78, 5) is 15.1. The summed E-state index contributed by atoms with van der Waals surface area (Å²) in [6.45, 7) is 0. The molecule has 1 amide bonds. The third-order valence-electron chi connectivity index (χ3n) is 7.62. The molecule has 124 valence electrons. The highest BCUT2D eigenvalue weighted by atomic mass is 16.3. The Balaban J connectivity index is 1.43. The van der Waals surface area contributed by atoms with E-state index in [1.165, 1.54) is 6.42 Å². The van der Waals surface area contributed by atoms with Gasteiger partial charge in [-0.2, -0.15) is 5.26 Å². The normalized spacial score (nSPS) is 53.8. The Hall–Kier alpha value is -1.12. The van der Waals surface area contributed by atoms with Gasteiger partial charge in [0.2, 0.25) is 0 Å². The monoisotopic (exact) mass is 316 g/mol. The first-order chi connectivity index (χ1) is 10.9. The summed E-state index contributed by atoms with van der Waals surface area (Å²) in [5, 5.41) is 20.3. The quantitative estimate of drug-likeness (QED) is 0.774. The van der Waals surface area contributed by atoms with Crippen molar-refractivity contribution in [2.75, 3.05) is 0 Å². The van der Waals surface area contributed by atoms with E-state index in [0.717, 1.165) is 44.9 Å². The lowest BCUT2D eigenvalue weighted by Gasteiger charge is -2.60. The minimum Gasteiger partial charge on any atom is -0.390 e. The number of nitrogens with zero attached hydrogens (tertiary/aromatic N) is 2. The third-order valence-corrected chi connectivity index (χ3v) is 7.62. The molecule has 0 aromatic carbocycles. The van der Waals surface area contributed by atoms with Crippen molar-refractivity contribution < 1.29 is 15.6 Å². The van der Waals surface area contributed by atoms with Gasteiger partial charge in [0.1, 0.15) is 6.04 Å². The van der Waals surface area contributed by atoms with Crippen LogP contribution in [0.15, 0.2) is 0 Å². The van der Waals surface area contributed by atoms with Crippen LogP contribution in [0.2, 0.25) is 0 Å². The summed E-state index contributed by atoms with van der Waals surface area (Å²) in [7, 11) is 0. The van der Waals surface area contributed by atoms with Gasteiger partial charge in [-0.25, -0.2) is 0 Å². The minimum atomic E-state index is -0.554. The van der Waals surface area contributed by atoms with E-state index in [0.29, 0.717) is 23.8 Å². The number of hydrogen-bond acceptors (Lipinski definition) is 3. The Kier molecular flexibility index (Phi) is 2.65. The lowest BCUT2D eigenvalue weighted by atomic mass is 9.46. The molecular weight excluding hydrogens is 290 g/mol. The molecule has 5 aliphatic carbocycles. The van der Waals surface area contributed by atoms with Gasteiger partial charge in [0, 0.05) is 11.5 Å². The van der Waals surface area contributed by atoms with Crippen molar-refractivity contribution in [2.45, 2.75) is 75.1 Å². The Labute approximate surface area is 136 Å². The van der Waals surface area contributed by atoms with Crippen molar-refractivity contribution in [3.8, 4) is 6.07 Å². The number of aliphatic hydroxyl groups is 1. The number of piperidine rings is 1. The number of hydrogen-bond donors (Lipinski definition) is 2. The zero-order valence-corrected chi connectivity index (χ0v) is 13.6. The van der Waals surface area contributed by atoms with Crippen molar-refractivity contribution in [3.63, 3.8) is 0 Å². The minimum absolute atomic E-state index is 0.0899. The number of carbonyl (C=O) groups excluding carboxylic acids is 1. The molecule has 0 aromatic rings. The molecular formula is C18H26N3O2+. The molecule has 6 aliphatic rings. The fourth-order valence-electron chi connectivity index (χ4n) is 7.02. The molecule has 6 rings (SSSR count). The van der Waals surface area contributed by atoms with Crippen LogP contribution in [0, 0.1) is 34.5 Å². The Morgan fingerprint density at radius 3 is 2.52 bits per heavy atom. The molecule has 1 saturated heterocycles. The van der Waals surface area contributed by atoms with Crippen LogP contribution in [0.1, 0.15) is 51.4 Å². The second-order valence-electron chi connectivity index (χ2n) is 9.29. The van der Waals surface area contributed by atoms with Crippen LogP contribution in [-0.4, -0.2) is 39.6 Å². The van der Waals surface area contributed by atoms with Gasteiger partial charge in [-0.05, 0) is 69.1 Å². The zero-order chi connectivity index (χ0) is 16.0. The number of amides is 1. The van der Waals surface area contributed by atoms with E-state index in [1.807, 2.05) is 4.90 Å². The van der Waals surface area contributed by atoms with Gasteiger partial charge in [-0.3, -0.25) is 4.79 Å². The highest BCUT2D eigenvalue weighted by Crippen LogP contribution is 2.62. The van der Waals surface area contributed by atoms with E-state index in [9.17, 15) is 15.2 Å². The van der Waals surface area contributed by atoms with Gasteiger partial charge in [0.15, 0.2) is 6.04 Å². The Morgan fingerprint density at radius 2 is 1.91 bits per heavy atom. The number of nitriles is 1. The number of fused-ring (bicyclic) bond motifs is 1. The summed E-state index contributed by atoms with van der Waals surface area (Å²) in [6.07, 6.45) is 7.81. The second-order valence-corrected chi connectivity index (χ2v) is 9.29. The molecule has 6 fully saturated rings. The van der Waals surface area contributed by atoms with E-state index in [2.05, 4.69) is 11.8 Å². The first kappa shape index (κ1) is 14.2. The average Bonchev–Trinajstić information content (AvgIpc) is 3.14. The predicted molar refractivity (Wildman–Crippen MR) is 81.5 cm³/mol. The topological polar surface area (TPSA) is 92.0 Å². The smallest absolute Gasteiger partial charge is 0.282 e. The fraction of sp³-hybridized carbons (Fsp3) is 0.889. The molecule has 1 heterocycles. The van der Waals surface area contributed by atoms with Crippen molar-refractivity contribution >= 4 is 5.91 Å². The van der Waals surface area contributed by atoms with Gasteiger partial charge in [0.25, 0.3) is 5.91 Å². The number of quaternary nitrogens is 1. The Morgan fingerprint density at radius 1 is 1.22 bits per heavy atom. The van der Waals surface area contributed by atoms with Crippen molar-refractivity contribution in [1.29, 1.82) is 5.26 Å². The largest absolute Gasteiger partial charge is 0.390 e. The number of rotatable bonds is 2. The van der Waals surface area contributed by atoms with Gasteiger partial charge < -0.3 is 15.7 Å². The molecule has 4 N–H and O–H groups in total. The van der Waals surface area contributed by atoms with Crippen molar-refractivity contribution in [2.24, 2.45) is 23.2 Å². The van der Waals surface area contributed by atoms with E-state index in [-0.39, 0.29) is 23.4 Å². The molecule has 5 saturated carbocycles. The van der Waals surface area contributed by atoms with Crippen LogP contribution < -0.4 is 5.73 Å². The van der Waals surface area contributed by atoms with Crippen molar-refractivity contribution in [3.05, 3.63) is 0 Å². The second kappa shape index (κ2) is 4.29. The Bertz CT molecular complexity index is 598. The predicted octanol–water partition coefficient (Wildman–Crippen LogP) is 0.441. The van der Waals surface area contributed by atoms with E-state index >= 15 is 0 Å². The van der Waals surface area contributed by atoms with Crippen LogP contribution in [0.4, 0.5) is 0 Å². The molecule has 23 heavy (non-hydrogen) atoms. The molecule has 4 bridgehead atoms. The lowest BCUT2D eigenvalue weighted by molar-refractivity contribution is -0.445. The standard InChI is InChI=1S/C18H25N3O2/c19-8-13-2-12-3-14(12)21(13)16(22)15(20)17-4-10-1-11(5-17)7-18(23,6-10)9-17/h10-15,23H,1-7,9,20H2/p+1/t10?,11?,12-,13+,14+,15-,17?,18?/m1/s1. The summed E-state index contributed by atoms with van der Waals surface area (Å²) < 4.78 is 0. The summed E-state index contributed by atoms with van der Waals surface area (Å²) in [5.41, 5.74) is 3.64. The molecule has 5 nitrogen and oxygen atoms in total. The molecule has 2 unspecified atom stereocenters. The van der Waals surface area contributed by atoms with Crippen LogP contribution in [0.3, 0.4) is 0 Å². The van der Waals surface area contributed by atoms with Crippen LogP contribution >= 0.6 is 0 Å². The lowest BCUT2D eigenvalue weighted by Crippen LogP contribution is -2.78. The van der Waals surface area contributed by atoms with Gasteiger partial charge in [-0.15, -0.1) is 0 Å².